The van der Waals surface area contributed by atoms with Crippen LogP contribution in [0.3, 0.4) is 0 Å². The highest BCUT2D eigenvalue weighted by Crippen LogP contribution is 2.24. The third kappa shape index (κ3) is 3.52. The van der Waals surface area contributed by atoms with Gasteiger partial charge in [-0.05, 0) is 25.1 Å². The van der Waals surface area contributed by atoms with Crippen molar-refractivity contribution in [3.8, 4) is 0 Å². The molecular weight excluding hydrogens is 341 g/mol. The molecule has 7 nitrogen and oxygen atoms in total. The van der Waals surface area contributed by atoms with Crippen LogP contribution >= 0.6 is 23.2 Å². The van der Waals surface area contributed by atoms with Gasteiger partial charge in [0, 0.05) is 10.0 Å². The van der Waals surface area contributed by atoms with Crippen molar-refractivity contribution in [2.45, 2.75) is 12.2 Å². The minimum atomic E-state index is -4.15. The molecule has 1 aromatic rings. The average molecular weight is 350 g/mol. The zero-order chi connectivity index (χ0) is 15.8. The van der Waals surface area contributed by atoms with E-state index in [-0.39, 0.29) is 21.4 Å². The lowest BCUT2D eigenvalue weighted by atomic mass is 10.2. The Kier molecular flexibility index (Phi) is 4.22. The molecule has 1 aliphatic heterocycles. The Bertz CT molecular complexity index is 740. The quantitative estimate of drug-likeness (QED) is 0.867. The van der Waals surface area contributed by atoms with E-state index in [0.717, 1.165) is 0 Å². The molecular formula is C11H9Cl2N3O4S. The Balaban J connectivity index is 2.36. The van der Waals surface area contributed by atoms with E-state index in [4.69, 9.17) is 23.2 Å². The summed E-state index contributed by atoms with van der Waals surface area (Å²) in [5.74, 6) is -0.965. The van der Waals surface area contributed by atoms with Gasteiger partial charge in [0.25, 0.3) is 5.91 Å². The van der Waals surface area contributed by atoms with Gasteiger partial charge in [0.2, 0.25) is 10.0 Å². The van der Waals surface area contributed by atoms with Crippen LogP contribution < -0.4 is 10.0 Å². The number of imide groups is 1. The molecule has 112 valence electrons. The van der Waals surface area contributed by atoms with Crippen molar-refractivity contribution < 1.29 is 18.0 Å². The molecule has 2 rings (SSSR count). The number of rotatable bonds is 3. The minimum absolute atomic E-state index is 0.102. The number of nitrogens with one attached hydrogen (secondary N) is 2. The monoisotopic (exact) mass is 349 g/mol. The SMILES string of the molecule is CC1=NC(=O)NC(=O)C1S(=O)(=O)Nc1cc(Cl)cc(Cl)c1. The van der Waals surface area contributed by atoms with Gasteiger partial charge in [0.1, 0.15) is 0 Å². The molecule has 0 saturated heterocycles. The zero-order valence-corrected chi connectivity index (χ0v) is 12.9. The molecule has 0 spiro atoms. The molecule has 0 aromatic heterocycles. The normalized spacial score (nSPS) is 19.0. The number of hydrogen-bond acceptors (Lipinski definition) is 4. The second kappa shape index (κ2) is 5.63. The Hall–Kier alpha value is -1.64. The number of sulfonamides is 1. The van der Waals surface area contributed by atoms with E-state index in [9.17, 15) is 18.0 Å². The van der Waals surface area contributed by atoms with Crippen LogP contribution in [0.1, 0.15) is 6.92 Å². The number of amides is 3. The fourth-order valence-electron chi connectivity index (χ4n) is 1.81. The smallest absolute Gasteiger partial charge is 0.282 e. The van der Waals surface area contributed by atoms with E-state index in [0.29, 0.717) is 0 Å². The first-order chi connectivity index (χ1) is 9.69. The number of anilines is 1. The molecule has 0 bridgehead atoms. The summed E-state index contributed by atoms with van der Waals surface area (Å²) >= 11 is 11.5. The Morgan fingerprint density at radius 2 is 1.76 bits per heavy atom. The molecule has 0 aliphatic carbocycles. The molecule has 1 aliphatic rings. The van der Waals surface area contributed by atoms with Crippen molar-refractivity contribution in [1.82, 2.24) is 5.32 Å². The first-order valence-electron chi connectivity index (χ1n) is 5.57. The molecule has 0 radical (unpaired) electrons. The van der Waals surface area contributed by atoms with E-state index < -0.39 is 27.2 Å². The molecule has 0 saturated carbocycles. The van der Waals surface area contributed by atoms with Crippen molar-refractivity contribution in [1.29, 1.82) is 0 Å². The largest absolute Gasteiger partial charge is 0.347 e. The third-order valence-electron chi connectivity index (χ3n) is 2.56. The first kappa shape index (κ1) is 15.7. The van der Waals surface area contributed by atoms with Crippen LogP contribution in [0.5, 0.6) is 0 Å². The predicted molar refractivity (Wildman–Crippen MR) is 79.4 cm³/mol. The lowest BCUT2D eigenvalue weighted by molar-refractivity contribution is -0.118. The van der Waals surface area contributed by atoms with Crippen molar-refractivity contribution in [3.63, 3.8) is 0 Å². The van der Waals surface area contributed by atoms with Gasteiger partial charge in [0.05, 0.1) is 11.4 Å². The Morgan fingerprint density at radius 3 is 2.29 bits per heavy atom. The molecule has 2 N–H and O–H groups in total. The van der Waals surface area contributed by atoms with Crippen LogP contribution in [0.2, 0.25) is 10.0 Å². The summed E-state index contributed by atoms with van der Waals surface area (Å²) < 4.78 is 26.7. The maximum atomic E-state index is 12.3. The van der Waals surface area contributed by atoms with E-state index in [1.807, 2.05) is 5.32 Å². The third-order valence-corrected chi connectivity index (χ3v) is 4.69. The molecule has 21 heavy (non-hydrogen) atoms. The fourth-order valence-corrected chi connectivity index (χ4v) is 3.74. The van der Waals surface area contributed by atoms with E-state index in [1.165, 1.54) is 25.1 Å². The molecule has 3 amide bonds. The summed E-state index contributed by atoms with van der Waals surface area (Å²) in [6, 6.07) is 3.21. The molecule has 0 fully saturated rings. The van der Waals surface area contributed by atoms with E-state index in [2.05, 4.69) is 9.71 Å². The number of hydrogen-bond donors (Lipinski definition) is 2. The summed E-state index contributed by atoms with van der Waals surface area (Å²) in [6.45, 7) is 1.28. The van der Waals surface area contributed by atoms with Gasteiger partial charge in [0.15, 0.2) is 5.25 Å². The highest BCUT2D eigenvalue weighted by atomic mass is 35.5. The number of nitrogens with zero attached hydrogens (tertiary/aromatic N) is 1. The standard InChI is InChI=1S/C11H9Cl2N3O4S/c1-5-9(10(17)15-11(18)14-5)21(19,20)16-8-3-6(12)2-7(13)4-8/h2-4,9,16H,1H3,(H,15,17,18). The average Bonchev–Trinajstić information content (AvgIpc) is 2.23. The minimum Gasteiger partial charge on any atom is -0.282 e. The number of halogens is 2. The number of aliphatic imine (C=N–C) groups is 1. The topological polar surface area (TPSA) is 105 Å². The highest BCUT2D eigenvalue weighted by Gasteiger charge is 2.39. The molecule has 1 aromatic carbocycles. The Labute approximate surface area is 130 Å². The molecule has 1 heterocycles. The van der Waals surface area contributed by atoms with Gasteiger partial charge in [-0.1, -0.05) is 23.2 Å². The van der Waals surface area contributed by atoms with Crippen LogP contribution in [-0.4, -0.2) is 31.3 Å². The van der Waals surface area contributed by atoms with E-state index in [1.54, 1.807) is 0 Å². The van der Waals surface area contributed by atoms with Crippen molar-refractivity contribution in [3.05, 3.63) is 28.2 Å². The second-order valence-electron chi connectivity index (χ2n) is 4.23. The zero-order valence-electron chi connectivity index (χ0n) is 10.6. The van der Waals surface area contributed by atoms with Crippen LogP contribution in [0.15, 0.2) is 23.2 Å². The van der Waals surface area contributed by atoms with Crippen molar-refractivity contribution in [2.75, 3.05) is 4.72 Å². The van der Waals surface area contributed by atoms with Crippen LogP contribution in [0.4, 0.5) is 10.5 Å². The van der Waals surface area contributed by atoms with Gasteiger partial charge in [-0.15, -0.1) is 0 Å². The maximum Gasteiger partial charge on any atom is 0.347 e. The molecule has 10 heteroatoms. The van der Waals surface area contributed by atoms with Crippen LogP contribution in [0, 0.1) is 0 Å². The summed E-state index contributed by atoms with van der Waals surface area (Å²) in [5.41, 5.74) is -0.0191. The summed E-state index contributed by atoms with van der Waals surface area (Å²) in [6.07, 6.45) is 0. The van der Waals surface area contributed by atoms with Gasteiger partial charge >= 0.3 is 6.03 Å². The lowest BCUT2D eigenvalue weighted by Crippen LogP contribution is -2.51. The highest BCUT2D eigenvalue weighted by molar-refractivity contribution is 7.94. The fraction of sp³-hybridized carbons (Fsp3) is 0.182. The second-order valence-corrected chi connectivity index (χ2v) is 6.87. The predicted octanol–water partition coefficient (Wildman–Crippen LogP) is 1.81. The number of urea groups is 1. The summed E-state index contributed by atoms with van der Waals surface area (Å²) in [4.78, 5) is 26.2. The van der Waals surface area contributed by atoms with Crippen LogP contribution in [0.25, 0.3) is 0 Å². The Morgan fingerprint density at radius 1 is 1.19 bits per heavy atom. The van der Waals surface area contributed by atoms with Crippen molar-refractivity contribution in [2.24, 2.45) is 4.99 Å². The molecule has 1 atom stereocenters. The number of carbonyl (C=O) groups excluding carboxylic acids is 2. The first-order valence-corrected chi connectivity index (χ1v) is 7.87. The van der Waals surface area contributed by atoms with Crippen molar-refractivity contribution >= 4 is 56.6 Å². The number of benzene rings is 1. The summed E-state index contributed by atoms with van der Waals surface area (Å²) in [7, 11) is -4.15. The maximum absolute atomic E-state index is 12.3. The van der Waals surface area contributed by atoms with Gasteiger partial charge in [-0.25, -0.2) is 18.2 Å². The van der Waals surface area contributed by atoms with Gasteiger partial charge in [-0.2, -0.15) is 0 Å². The molecule has 1 unspecified atom stereocenters. The van der Waals surface area contributed by atoms with Gasteiger partial charge in [-0.3, -0.25) is 14.8 Å². The van der Waals surface area contributed by atoms with E-state index >= 15 is 0 Å². The number of carbonyl (C=O) groups is 2. The summed E-state index contributed by atoms with van der Waals surface area (Å²) in [5, 5.41) is 0.695. The lowest BCUT2D eigenvalue weighted by Gasteiger charge is -2.20. The van der Waals surface area contributed by atoms with Crippen LogP contribution in [-0.2, 0) is 14.8 Å². The van der Waals surface area contributed by atoms with Gasteiger partial charge < -0.3 is 0 Å².